The smallest absolute Gasteiger partial charge is 0.207 e. The third-order valence-corrected chi connectivity index (χ3v) is 1.87. The summed E-state index contributed by atoms with van der Waals surface area (Å²) >= 11 is 0. The molecule has 0 bridgehead atoms. The highest BCUT2D eigenvalue weighted by Crippen LogP contribution is 2.07. The Morgan fingerprint density at radius 3 is 2.87 bits per heavy atom. The Kier molecular flexibility index (Phi) is 2.57. The molecule has 0 saturated carbocycles. The van der Waals surface area contributed by atoms with E-state index < -0.39 is 0 Å². The molecule has 15 heavy (non-hydrogen) atoms. The number of nitrogens with one attached hydrogen (secondary N) is 3. The van der Waals surface area contributed by atoms with Crippen molar-refractivity contribution in [2.75, 3.05) is 12.4 Å². The number of guanidine groups is 2. The van der Waals surface area contributed by atoms with Crippen LogP contribution in [0.4, 0.5) is 5.88 Å². The Labute approximate surface area is 87.5 Å². The molecular weight excluding hydrogens is 194 g/mol. The van der Waals surface area contributed by atoms with Gasteiger partial charge in [-0.2, -0.15) is 0 Å². The molecule has 1 unspecified atom stereocenters. The number of hydrogen-bond acceptors (Lipinski definition) is 6. The van der Waals surface area contributed by atoms with Crippen LogP contribution < -0.4 is 16.0 Å². The molecule has 0 aromatic carbocycles. The lowest BCUT2D eigenvalue weighted by molar-refractivity contribution is 0.585. The summed E-state index contributed by atoms with van der Waals surface area (Å²) in [5.74, 6) is 1.95. The summed E-state index contributed by atoms with van der Waals surface area (Å²) in [5.41, 5.74) is 0. The summed E-state index contributed by atoms with van der Waals surface area (Å²) in [6, 6.07) is 3.63. The van der Waals surface area contributed by atoms with Gasteiger partial charge in [0.15, 0.2) is 11.8 Å². The Morgan fingerprint density at radius 2 is 2.20 bits per heavy atom. The fourth-order valence-electron chi connectivity index (χ4n) is 1.24. The van der Waals surface area contributed by atoms with Crippen molar-refractivity contribution in [1.82, 2.24) is 10.6 Å². The third kappa shape index (κ3) is 2.28. The molecule has 0 spiro atoms. The molecule has 0 saturated heterocycles. The number of rotatable bonds is 1. The van der Waals surface area contributed by atoms with Crippen molar-refractivity contribution in [2.45, 2.75) is 13.1 Å². The molecule has 2 rings (SSSR count). The quantitative estimate of drug-likeness (QED) is 0.629. The Morgan fingerprint density at radius 1 is 1.40 bits per heavy atom. The van der Waals surface area contributed by atoms with E-state index in [4.69, 9.17) is 4.42 Å². The van der Waals surface area contributed by atoms with Gasteiger partial charge in [0.25, 0.3) is 0 Å². The monoisotopic (exact) mass is 207 g/mol. The van der Waals surface area contributed by atoms with Crippen LogP contribution in [0.2, 0.25) is 0 Å². The van der Waals surface area contributed by atoms with Gasteiger partial charge in [0.05, 0.1) is 6.26 Å². The number of aliphatic imine (C=N–C) groups is 2. The molecular formula is C9H13N5O. The maximum Gasteiger partial charge on any atom is 0.207 e. The molecule has 80 valence electrons. The van der Waals surface area contributed by atoms with Gasteiger partial charge in [0, 0.05) is 13.1 Å². The SMILES string of the molecule is CNC1=NC(C)N=C(Nc2ccco2)N1. The van der Waals surface area contributed by atoms with Crippen molar-refractivity contribution in [3.8, 4) is 0 Å². The molecule has 1 aliphatic heterocycles. The van der Waals surface area contributed by atoms with Gasteiger partial charge in [0.1, 0.15) is 6.17 Å². The minimum Gasteiger partial charge on any atom is -0.449 e. The molecule has 1 aromatic rings. The third-order valence-electron chi connectivity index (χ3n) is 1.87. The van der Waals surface area contributed by atoms with Gasteiger partial charge in [-0.25, -0.2) is 9.98 Å². The van der Waals surface area contributed by atoms with Crippen molar-refractivity contribution >= 4 is 17.8 Å². The Bertz CT molecular complexity index is 381. The van der Waals surface area contributed by atoms with E-state index >= 15 is 0 Å². The zero-order chi connectivity index (χ0) is 10.7. The van der Waals surface area contributed by atoms with E-state index in [0.29, 0.717) is 17.8 Å². The lowest BCUT2D eigenvalue weighted by Crippen LogP contribution is -2.46. The summed E-state index contributed by atoms with van der Waals surface area (Å²) in [7, 11) is 1.80. The highest BCUT2D eigenvalue weighted by atomic mass is 16.3. The van der Waals surface area contributed by atoms with Crippen molar-refractivity contribution in [1.29, 1.82) is 0 Å². The average Bonchev–Trinajstić information content (AvgIpc) is 2.69. The molecule has 0 aliphatic carbocycles. The van der Waals surface area contributed by atoms with Crippen molar-refractivity contribution < 1.29 is 4.42 Å². The van der Waals surface area contributed by atoms with E-state index in [1.54, 1.807) is 13.3 Å². The molecule has 6 nitrogen and oxygen atoms in total. The standard InChI is InChI=1S/C9H13N5O/c1-6-11-8(10-2)14-9(12-6)13-7-4-3-5-15-7/h3-6H,1-2H3,(H3,10,11,12,13,14). The van der Waals surface area contributed by atoms with Gasteiger partial charge in [-0.05, 0) is 13.0 Å². The van der Waals surface area contributed by atoms with Crippen molar-refractivity contribution in [3.05, 3.63) is 18.4 Å². The van der Waals surface area contributed by atoms with Crippen LogP contribution in [-0.2, 0) is 0 Å². The normalized spacial score (nSPS) is 20.0. The van der Waals surface area contributed by atoms with Gasteiger partial charge < -0.3 is 9.73 Å². The predicted octanol–water partition coefficient (Wildman–Crippen LogP) is 0.572. The molecule has 0 radical (unpaired) electrons. The van der Waals surface area contributed by atoms with Gasteiger partial charge in [-0.3, -0.25) is 10.6 Å². The first-order valence-electron chi connectivity index (χ1n) is 4.69. The van der Waals surface area contributed by atoms with Crippen LogP contribution in [0.5, 0.6) is 0 Å². The van der Waals surface area contributed by atoms with Crippen molar-refractivity contribution in [2.24, 2.45) is 9.98 Å². The fourth-order valence-corrected chi connectivity index (χ4v) is 1.24. The van der Waals surface area contributed by atoms with Gasteiger partial charge >= 0.3 is 0 Å². The highest BCUT2D eigenvalue weighted by molar-refractivity contribution is 6.05. The maximum atomic E-state index is 5.15. The molecule has 6 heteroatoms. The van der Waals surface area contributed by atoms with Gasteiger partial charge in [-0.1, -0.05) is 0 Å². The van der Waals surface area contributed by atoms with Crippen LogP contribution in [0.25, 0.3) is 0 Å². The molecule has 1 aromatic heterocycles. The molecule has 1 aliphatic rings. The van der Waals surface area contributed by atoms with E-state index in [2.05, 4.69) is 25.9 Å². The fraction of sp³-hybridized carbons (Fsp3) is 0.333. The van der Waals surface area contributed by atoms with Crippen molar-refractivity contribution in [3.63, 3.8) is 0 Å². The van der Waals surface area contributed by atoms with E-state index in [1.165, 1.54) is 0 Å². The second kappa shape index (κ2) is 4.04. The summed E-state index contributed by atoms with van der Waals surface area (Å²) in [4.78, 5) is 8.48. The van der Waals surface area contributed by atoms with E-state index in [1.807, 2.05) is 19.1 Å². The van der Waals surface area contributed by atoms with E-state index in [0.717, 1.165) is 0 Å². The molecule has 1 atom stereocenters. The molecule has 3 N–H and O–H groups in total. The number of furan rings is 1. The lowest BCUT2D eigenvalue weighted by Gasteiger charge is -2.18. The van der Waals surface area contributed by atoms with Crippen LogP contribution in [0.3, 0.4) is 0 Å². The zero-order valence-electron chi connectivity index (χ0n) is 8.61. The van der Waals surface area contributed by atoms with E-state index in [-0.39, 0.29) is 6.17 Å². The largest absolute Gasteiger partial charge is 0.449 e. The zero-order valence-corrected chi connectivity index (χ0v) is 8.61. The van der Waals surface area contributed by atoms with Gasteiger partial charge in [0.2, 0.25) is 5.96 Å². The molecule has 0 amide bonds. The van der Waals surface area contributed by atoms with Crippen LogP contribution in [0.15, 0.2) is 32.8 Å². The topological polar surface area (TPSA) is 74.0 Å². The second-order valence-corrected chi connectivity index (χ2v) is 3.06. The number of nitrogens with zero attached hydrogens (tertiary/aromatic N) is 2. The summed E-state index contributed by atoms with van der Waals surface area (Å²) in [6.07, 6.45) is 1.49. The molecule has 2 heterocycles. The average molecular weight is 207 g/mol. The van der Waals surface area contributed by atoms with Crippen LogP contribution in [0, 0.1) is 0 Å². The second-order valence-electron chi connectivity index (χ2n) is 3.06. The first-order chi connectivity index (χ1) is 7.28. The minimum atomic E-state index is -0.105. The van der Waals surface area contributed by atoms with Crippen LogP contribution in [0.1, 0.15) is 6.92 Å². The number of hydrogen-bond donors (Lipinski definition) is 3. The maximum absolute atomic E-state index is 5.15. The Hall–Kier alpha value is -1.98. The predicted molar refractivity (Wildman–Crippen MR) is 58.9 cm³/mol. The molecule has 0 fully saturated rings. The Balaban J connectivity index is 2.05. The lowest BCUT2D eigenvalue weighted by atomic mass is 10.5. The van der Waals surface area contributed by atoms with Crippen LogP contribution in [-0.4, -0.2) is 25.1 Å². The summed E-state index contributed by atoms with van der Waals surface area (Å²) in [5, 5.41) is 8.93. The highest BCUT2D eigenvalue weighted by Gasteiger charge is 2.12. The van der Waals surface area contributed by atoms with Gasteiger partial charge in [-0.15, -0.1) is 0 Å². The first kappa shape index (κ1) is 9.57. The minimum absolute atomic E-state index is 0.105. The van der Waals surface area contributed by atoms with E-state index in [9.17, 15) is 0 Å². The first-order valence-corrected chi connectivity index (χ1v) is 4.69. The summed E-state index contributed by atoms with van der Waals surface area (Å²) in [6.45, 7) is 1.90. The van der Waals surface area contributed by atoms with Crippen LogP contribution >= 0.6 is 0 Å². The number of anilines is 1. The summed E-state index contributed by atoms with van der Waals surface area (Å²) < 4.78 is 5.15.